The summed E-state index contributed by atoms with van der Waals surface area (Å²) in [7, 11) is 0. The molecule has 1 N–H and O–H groups in total. The van der Waals surface area contributed by atoms with Gasteiger partial charge in [-0.15, -0.1) is 0 Å². The van der Waals surface area contributed by atoms with Gasteiger partial charge in [-0.1, -0.05) is 58.4 Å². The van der Waals surface area contributed by atoms with Crippen molar-refractivity contribution >= 4 is 33.5 Å². The molecule has 5 nitrogen and oxygen atoms in total. The van der Waals surface area contributed by atoms with Gasteiger partial charge in [-0.05, 0) is 29.7 Å². The van der Waals surface area contributed by atoms with E-state index in [0.717, 1.165) is 21.3 Å². The van der Waals surface area contributed by atoms with E-state index in [9.17, 15) is 9.59 Å². The molecule has 26 heavy (non-hydrogen) atoms. The fourth-order valence-corrected chi connectivity index (χ4v) is 3.42. The van der Waals surface area contributed by atoms with Crippen LogP contribution < -0.4 is 0 Å². The first-order valence-corrected chi connectivity index (χ1v) is 9.26. The van der Waals surface area contributed by atoms with Crippen LogP contribution in [0.2, 0.25) is 0 Å². The Kier molecular flexibility index (Phi) is 5.83. The number of hydrogen-bond donors (Lipinski definition) is 1. The van der Waals surface area contributed by atoms with Gasteiger partial charge in [-0.3, -0.25) is 9.59 Å². The zero-order valence-electron chi connectivity index (χ0n) is 14.1. The number of carbonyl (C=O) groups excluding carboxylic acids is 1. The number of amides is 1. The molecule has 3 rings (SSSR count). The van der Waals surface area contributed by atoms with E-state index >= 15 is 0 Å². The molecular weight excluding hydrogens is 396 g/mol. The monoisotopic (exact) mass is 414 g/mol. The van der Waals surface area contributed by atoms with Gasteiger partial charge in [0.1, 0.15) is 0 Å². The zero-order chi connectivity index (χ0) is 18.5. The molecule has 0 saturated heterocycles. The Morgan fingerprint density at radius 1 is 1.12 bits per heavy atom. The van der Waals surface area contributed by atoms with E-state index in [1.54, 1.807) is 0 Å². The van der Waals surface area contributed by atoms with Crippen molar-refractivity contribution in [2.24, 2.45) is 5.10 Å². The van der Waals surface area contributed by atoms with Gasteiger partial charge < -0.3 is 5.11 Å². The third kappa shape index (κ3) is 4.38. The summed E-state index contributed by atoms with van der Waals surface area (Å²) in [4.78, 5) is 23.4. The molecule has 1 atom stereocenters. The number of carboxylic acids is 1. The zero-order valence-corrected chi connectivity index (χ0v) is 15.7. The maximum absolute atomic E-state index is 12.7. The Bertz CT molecular complexity index is 836. The molecule has 1 amide bonds. The number of nitrogens with zero attached hydrogens (tertiary/aromatic N) is 2. The van der Waals surface area contributed by atoms with E-state index in [4.69, 9.17) is 5.11 Å². The fourth-order valence-electron chi connectivity index (χ4n) is 3.02. The number of benzene rings is 2. The SMILES string of the molecule is O=C(O)CCCC(=O)N1N=C(c2cccc(Br)c2)C[C@H]1c1ccccc1. The van der Waals surface area contributed by atoms with Gasteiger partial charge in [0, 0.05) is 23.7 Å². The molecule has 134 valence electrons. The molecule has 0 aliphatic carbocycles. The molecule has 0 spiro atoms. The number of hydrazone groups is 1. The second kappa shape index (κ2) is 8.27. The van der Waals surface area contributed by atoms with Crippen molar-refractivity contribution in [2.75, 3.05) is 0 Å². The summed E-state index contributed by atoms with van der Waals surface area (Å²) in [5, 5.41) is 14.9. The normalized spacial score (nSPS) is 16.4. The third-order valence-corrected chi connectivity index (χ3v) is 4.78. The molecule has 0 bridgehead atoms. The first-order valence-electron chi connectivity index (χ1n) is 8.47. The summed E-state index contributed by atoms with van der Waals surface area (Å²) in [5.74, 6) is -1.04. The van der Waals surface area contributed by atoms with Gasteiger partial charge in [0.2, 0.25) is 5.91 Å². The standard InChI is InChI=1S/C20H19BrN2O3/c21-16-9-4-8-15(12-16)17-13-18(14-6-2-1-3-7-14)23(22-17)19(24)10-5-11-20(25)26/h1-4,6-9,12,18H,5,10-11,13H2,(H,25,26)/t18-/m0/s1. The lowest BCUT2D eigenvalue weighted by atomic mass is 9.98. The smallest absolute Gasteiger partial charge is 0.303 e. The highest BCUT2D eigenvalue weighted by atomic mass is 79.9. The quantitative estimate of drug-likeness (QED) is 0.761. The Morgan fingerprint density at radius 3 is 2.58 bits per heavy atom. The molecular formula is C20H19BrN2O3. The van der Waals surface area contributed by atoms with Crippen molar-refractivity contribution < 1.29 is 14.7 Å². The Labute approximate surface area is 160 Å². The topological polar surface area (TPSA) is 70.0 Å². The van der Waals surface area contributed by atoms with Crippen LogP contribution in [0, 0.1) is 0 Å². The van der Waals surface area contributed by atoms with Gasteiger partial charge in [0.25, 0.3) is 0 Å². The van der Waals surface area contributed by atoms with E-state index in [2.05, 4.69) is 21.0 Å². The molecule has 0 radical (unpaired) electrons. The van der Waals surface area contributed by atoms with Crippen molar-refractivity contribution in [1.29, 1.82) is 0 Å². The van der Waals surface area contributed by atoms with Crippen molar-refractivity contribution in [3.63, 3.8) is 0 Å². The number of halogens is 1. The molecule has 1 aliphatic heterocycles. The number of carbonyl (C=O) groups is 2. The van der Waals surface area contributed by atoms with E-state index in [1.807, 2.05) is 54.6 Å². The Balaban J connectivity index is 1.85. The number of carboxylic acid groups (broad SMARTS) is 1. The lowest BCUT2D eigenvalue weighted by molar-refractivity contribution is -0.137. The predicted molar refractivity (Wildman–Crippen MR) is 103 cm³/mol. The molecule has 1 heterocycles. The fraction of sp³-hybridized carbons (Fsp3) is 0.250. The molecule has 1 aliphatic rings. The van der Waals surface area contributed by atoms with Crippen LogP contribution in [-0.4, -0.2) is 27.7 Å². The minimum atomic E-state index is -0.892. The first kappa shape index (κ1) is 18.3. The van der Waals surface area contributed by atoms with Crippen molar-refractivity contribution in [3.05, 3.63) is 70.2 Å². The molecule has 2 aromatic carbocycles. The number of aliphatic carboxylic acids is 1. The molecule has 2 aromatic rings. The summed E-state index contributed by atoms with van der Waals surface area (Å²) in [6.45, 7) is 0. The van der Waals surface area contributed by atoms with Crippen LogP contribution in [-0.2, 0) is 9.59 Å². The maximum Gasteiger partial charge on any atom is 0.303 e. The summed E-state index contributed by atoms with van der Waals surface area (Å²) < 4.78 is 0.959. The molecule has 0 aromatic heterocycles. The van der Waals surface area contributed by atoms with Gasteiger partial charge in [0.05, 0.1) is 11.8 Å². The average molecular weight is 415 g/mol. The number of rotatable bonds is 6. The van der Waals surface area contributed by atoms with Crippen LogP contribution in [0.3, 0.4) is 0 Å². The molecule has 0 saturated carbocycles. The van der Waals surface area contributed by atoms with Crippen molar-refractivity contribution in [3.8, 4) is 0 Å². The third-order valence-electron chi connectivity index (χ3n) is 4.29. The highest BCUT2D eigenvalue weighted by Gasteiger charge is 2.32. The van der Waals surface area contributed by atoms with Crippen LogP contribution in [0.25, 0.3) is 0 Å². The maximum atomic E-state index is 12.7. The van der Waals surface area contributed by atoms with Crippen molar-refractivity contribution in [2.45, 2.75) is 31.7 Å². The van der Waals surface area contributed by atoms with Gasteiger partial charge in [0.15, 0.2) is 0 Å². The van der Waals surface area contributed by atoms with Gasteiger partial charge >= 0.3 is 5.97 Å². The summed E-state index contributed by atoms with van der Waals surface area (Å²) >= 11 is 3.47. The first-order chi connectivity index (χ1) is 12.5. The molecule has 6 heteroatoms. The Hall–Kier alpha value is -2.47. The number of hydrogen-bond acceptors (Lipinski definition) is 3. The average Bonchev–Trinajstić information content (AvgIpc) is 3.07. The lowest BCUT2D eigenvalue weighted by Crippen LogP contribution is -2.26. The predicted octanol–water partition coefficient (Wildman–Crippen LogP) is 4.38. The molecule has 0 fully saturated rings. The largest absolute Gasteiger partial charge is 0.481 e. The summed E-state index contributed by atoms with van der Waals surface area (Å²) in [6, 6.07) is 17.5. The second-order valence-electron chi connectivity index (χ2n) is 6.17. The van der Waals surface area contributed by atoms with Gasteiger partial charge in [-0.2, -0.15) is 5.10 Å². The minimum absolute atomic E-state index is 0.0161. The van der Waals surface area contributed by atoms with Crippen LogP contribution >= 0.6 is 15.9 Å². The highest BCUT2D eigenvalue weighted by Crippen LogP contribution is 2.33. The second-order valence-corrected chi connectivity index (χ2v) is 7.09. The highest BCUT2D eigenvalue weighted by molar-refractivity contribution is 9.10. The van der Waals surface area contributed by atoms with Gasteiger partial charge in [-0.25, -0.2) is 5.01 Å². The Morgan fingerprint density at radius 2 is 1.88 bits per heavy atom. The lowest BCUT2D eigenvalue weighted by Gasteiger charge is -2.22. The van der Waals surface area contributed by atoms with E-state index < -0.39 is 5.97 Å². The van der Waals surface area contributed by atoms with Crippen LogP contribution in [0.5, 0.6) is 0 Å². The van der Waals surface area contributed by atoms with E-state index in [-0.39, 0.29) is 24.8 Å². The van der Waals surface area contributed by atoms with Crippen LogP contribution in [0.1, 0.15) is 42.9 Å². The molecule has 0 unspecified atom stereocenters. The summed E-state index contributed by atoms with van der Waals surface area (Å²) in [5.41, 5.74) is 2.85. The van der Waals surface area contributed by atoms with Crippen LogP contribution in [0.4, 0.5) is 0 Å². The van der Waals surface area contributed by atoms with Crippen LogP contribution in [0.15, 0.2) is 64.2 Å². The minimum Gasteiger partial charge on any atom is -0.481 e. The van der Waals surface area contributed by atoms with Crippen molar-refractivity contribution in [1.82, 2.24) is 5.01 Å². The van der Waals surface area contributed by atoms with E-state index in [1.165, 1.54) is 5.01 Å². The summed E-state index contributed by atoms with van der Waals surface area (Å²) in [6.07, 6.45) is 1.10. The van der Waals surface area contributed by atoms with E-state index in [0.29, 0.717) is 12.8 Å².